The molecule has 0 atom stereocenters. The van der Waals surface area contributed by atoms with Crippen molar-refractivity contribution in [1.29, 1.82) is 10.8 Å². The van der Waals surface area contributed by atoms with Crippen LogP contribution in [-0.2, 0) is 0 Å². The van der Waals surface area contributed by atoms with Gasteiger partial charge in [0.15, 0.2) is 5.01 Å². The Morgan fingerprint density at radius 1 is 0.397 bits per heavy atom. The summed E-state index contributed by atoms with van der Waals surface area (Å²) in [6, 6.07) is 50.2. The van der Waals surface area contributed by atoms with E-state index in [-0.39, 0.29) is 10.1 Å². The molecule has 0 fully saturated rings. The lowest BCUT2D eigenvalue weighted by molar-refractivity contribution is 1.09. The van der Waals surface area contributed by atoms with Crippen molar-refractivity contribution in [3.63, 3.8) is 0 Å². The molecule has 0 aliphatic rings. The van der Waals surface area contributed by atoms with Crippen molar-refractivity contribution in [3.05, 3.63) is 181 Å². The summed E-state index contributed by atoms with van der Waals surface area (Å²) < 4.78 is 0. The van der Waals surface area contributed by atoms with E-state index in [9.17, 15) is 5.41 Å². The Balaban J connectivity index is 0.987. The summed E-state index contributed by atoms with van der Waals surface area (Å²) in [5.41, 5.74) is 10.3. The van der Waals surface area contributed by atoms with Crippen LogP contribution in [0.25, 0.3) is 78.0 Å². The summed E-state index contributed by atoms with van der Waals surface area (Å²) in [7, 11) is 0. The van der Waals surface area contributed by atoms with Gasteiger partial charge in [-0.3, -0.25) is 20.8 Å². The Labute approximate surface area is 341 Å². The van der Waals surface area contributed by atoms with Crippen molar-refractivity contribution in [1.82, 2.24) is 40.1 Å². The molecule has 58 heavy (non-hydrogen) atoms. The number of nitrogens with zero attached hydrogens (tertiary/aromatic N) is 8. The molecule has 0 saturated carbocycles. The number of hydrogen-bond donors (Lipinski definition) is 2. The molecule has 0 unspecified atom stereocenters. The van der Waals surface area contributed by atoms with Crippen molar-refractivity contribution in [2.75, 3.05) is 0 Å². The molecule has 0 aliphatic carbocycles. The zero-order valence-corrected chi connectivity index (χ0v) is 32.2. The van der Waals surface area contributed by atoms with Gasteiger partial charge in [-0.1, -0.05) is 78.1 Å². The summed E-state index contributed by atoms with van der Waals surface area (Å²) in [6.45, 7) is 0. The van der Waals surface area contributed by atoms with Crippen molar-refractivity contribution < 1.29 is 0 Å². The number of pyridine rings is 6. The Hall–Kier alpha value is -7.41. The summed E-state index contributed by atoms with van der Waals surface area (Å²) in [5.74, 6) is 0. The minimum absolute atomic E-state index is 0.142. The minimum atomic E-state index is 0.142. The van der Waals surface area contributed by atoms with E-state index in [2.05, 4.69) is 26.2 Å². The van der Waals surface area contributed by atoms with Gasteiger partial charge in [-0.25, -0.2) is 19.9 Å². The van der Waals surface area contributed by atoms with Crippen molar-refractivity contribution >= 4 is 33.2 Å². The molecule has 7 heterocycles. The van der Waals surface area contributed by atoms with Gasteiger partial charge in [-0.05, 0) is 114 Å². The van der Waals surface area contributed by atoms with Crippen LogP contribution in [0.2, 0.25) is 0 Å². The lowest BCUT2D eigenvalue weighted by atomic mass is 10.0. The summed E-state index contributed by atoms with van der Waals surface area (Å²) in [5, 5.41) is 29.0. The lowest BCUT2D eigenvalue weighted by Crippen LogP contribution is -2.05. The number of hydrogen-bond acceptors (Lipinski definition) is 12. The van der Waals surface area contributed by atoms with E-state index < -0.39 is 0 Å². The maximum atomic E-state index is 9.21. The maximum Gasteiger partial charge on any atom is 0.166 e. The predicted molar refractivity (Wildman–Crippen MR) is 232 cm³/mol. The van der Waals surface area contributed by atoms with E-state index in [1.165, 1.54) is 11.3 Å². The van der Waals surface area contributed by atoms with E-state index >= 15 is 0 Å². The fourth-order valence-electron chi connectivity index (χ4n) is 6.20. The average Bonchev–Trinajstić information content (AvgIpc) is 3.81. The Bertz CT molecular complexity index is 2920. The summed E-state index contributed by atoms with van der Waals surface area (Å²) in [6.07, 6.45) is 3.49. The van der Waals surface area contributed by atoms with Gasteiger partial charge >= 0.3 is 0 Å². The van der Waals surface area contributed by atoms with E-state index in [0.717, 1.165) is 56.9 Å². The lowest BCUT2D eigenvalue weighted by Gasteiger charge is -2.11. The quantitative estimate of drug-likeness (QED) is 0.108. The van der Waals surface area contributed by atoms with Crippen LogP contribution in [0.5, 0.6) is 0 Å². The number of nitrogens with one attached hydrogen (secondary N) is 2. The van der Waals surface area contributed by atoms with Crippen molar-refractivity contribution in [2.45, 2.75) is 0 Å². The van der Waals surface area contributed by atoms with Gasteiger partial charge in [-0.15, -0.1) is 10.2 Å². The standard InChI is InChI=1S/C46H30N10S2/c47-43(57-44(48)41-22-10-20-39(53-41)37-18-8-16-35(51-37)33-14-4-6-24-49-33)31-26-30(29-12-2-1-3-13-29)27-32(28-31)45-55-56-46(58-45)42-23-11-21-40(54-42)38-19-9-17-36(52-38)34-15-5-7-25-50-34/h1-28,47-48H. The number of benzene rings is 2. The second-order valence-corrected chi connectivity index (χ2v) is 14.9. The molecule has 2 N–H and O–H groups in total. The zero-order valence-electron chi connectivity index (χ0n) is 30.6. The fraction of sp³-hybridized carbons (Fsp3) is 0. The molecule has 12 heteroatoms. The van der Waals surface area contributed by atoms with Gasteiger partial charge in [0.25, 0.3) is 0 Å². The molecular weight excluding hydrogens is 757 g/mol. The van der Waals surface area contributed by atoms with Gasteiger partial charge in [-0.2, -0.15) is 0 Å². The van der Waals surface area contributed by atoms with Crippen LogP contribution in [0.4, 0.5) is 0 Å². The highest BCUT2D eigenvalue weighted by atomic mass is 32.2. The molecule has 0 saturated heterocycles. The van der Waals surface area contributed by atoms with Gasteiger partial charge < -0.3 is 0 Å². The van der Waals surface area contributed by atoms with E-state index in [4.69, 9.17) is 25.3 Å². The number of thioether (sulfide) groups is 1. The normalized spacial score (nSPS) is 11.0. The Kier molecular flexibility index (Phi) is 10.2. The SMILES string of the molecule is N=C(SC(=N)c1cccc(-c2cccc(-c3ccccn3)n2)n1)c1cc(-c2ccccc2)cc(-c2nnc(-c3cccc(-c4cccc(-c5ccccn5)n4)n3)s2)c1. The van der Waals surface area contributed by atoms with E-state index in [1.807, 2.05) is 146 Å². The molecule has 9 aromatic rings. The first-order chi connectivity index (χ1) is 28.5. The maximum absolute atomic E-state index is 9.21. The first kappa shape index (κ1) is 36.2. The second kappa shape index (κ2) is 16.4. The largest absolute Gasteiger partial charge is 0.293 e. The van der Waals surface area contributed by atoms with Crippen LogP contribution in [0.15, 0.2) is 170 Å². The highest BCUT2D eigenvalue weighted by molar-refractivity contribution is 8.27. The van der Waals surface area contributed by atoms with Crippen LogP contribution >= 0.6 is 23.1 Å². The molecular formula is C46H30N10S2. The molecule has 7 aromatic heterocycles. The van der Waals surface area contributed by atoms with Crippen LogP contribution in [0.3, 0.4) is 0 Å². The third kappa shape index (κ3) is 7.96. The fourth-order valence-corrected chi connectivity index (χ4v) is 7.66. The highest BCUT2D eigenvalue weighted by Crippen LogP contribution is 2.35. The van der Waals surface area contributed by atoms with Crippen molar-refractivity contribution in [3.8, 4) is 78.0 Å². The summed E-state index contributed by atoms with van der Waals surface area (Å²) >= 11 is 2.46. The van der Waals surface area contributed by atoms with Crippen molar-refractivity contribution in [2.24, 2.45) is 0 Å². The molecule has 0 radical (unpaired) electrons. The molecule has 0 bridgehead atoms. The monoisotopic (exact) mass is 786 g/mol. The molecule has 2 aromatic carbocycles. The Morgan fingerprint density at radius 3 is 1.48 bits per heavy atom. The van der Waals surface area contributed by atoms with E-state index in [0.29, 0.717) is 44.0 Å². The topological polar surface area (TPSA) is 151 Å². The number of rotatable bonds is 9. The molecule has 0 amide bonds. The predicted octanol–water partition coefficient (Wildman–Crippen LogP) is 10.7. The molecule has 276 valence electrons. The smallest absolute Gasteiger partial charge is 0.166 e. The third-order valence-electron chi connectivity index (χ3n) is 9.01. The third-order valence-corrected chi connectivity index (χ3v) is 10.9. The zero-order chi connectivity index (χ0) is 39.3. The van der Waals surface area contributed by atoms with Gasteiger partial charge in [0, 0.05) is 23.5 Å². The van der Waals surface area contributed by atoms with Crippen LogP contribution in [-0.4, -0.2) is 50.2 Å². The number of aromatic nitrogens is 8. The molecule has 9 rings (SSSR count). The van der Waals surface area contributed by atoms with Crippen LogP contribution < -0.4 is 0 Å². The molecule has 10 nitrogen and oxygen atoms in total. The average molecular weight is 787 g/mol. The van der Waals surface area contributed by atoms with Gasteiger partial charge in [0.2, 0.25) is 0 Å². The van der Waals surface area contributed by atoms with Gasteiger partial charge in [0.1, 0.15) is 20.8 Å². The molecule has 0 aliphatic heterocycles. The summed E-state index contributed by atoms with van der Waals surface area (Å²) in [4.78, 5) is 28.2. The second-order valence-electron chi connectivity index (χ2n) is 12.9. The highest BCUT2D eigenvalue weighted by Gasteiger charge is 2.18. The minimum Gasteiger partial charge on any atom is -0.293 e. The first-order valence-corrected chi connectivity index (χ1v) is 19.8. The van der Waals surface area contributed by atoms with Crippen LogP contribution in [0.1, 0.15) is 11.3 Å². The van der Waals surface area contributed by atoms with Crippen LogP contribution in [0, 0.1) is 10.8 Å². The van der Waals surface area contributed by atoms with Gasteiger partial charge in [0.05, 0.1) is 51.2 Å². The first-order valence-electron chi connectivity index (χ1n) is 18.2. The van der Waals surface area contributed by atoms with E-state index in [1.54, 1.807) is 18.5 Å². The Morgan fingerprint density at radius 2 is 0.879 bits per heavy atom. The molecule has 0 spiro atoms.